The van der Waals surface area contributed by atoms with Gasteiger partial charge in [0.2, 0.25) is 0 Å². The molecule has 1 atom stereocenters. The Morgan fingerprint density at radius 2 is 2.07 bits per heavy atom. The van der Waals surface area contributed by atoms with Gasteiger partial charge in [-0.05, 0) is 25.2 Å². The van der Waals surface area contributed by atoms with Crippen molar-refractivity contribution in [1.29, 1.82) is 0 Å². The maximum absolute atomic E-state index is 10.5. The molecule has 5 heteroatoms. The van der Waals surface area contributed by atoms with Crippen LogP contribution in [-0.2, 0) is 14.3 Å². The first-order valence-corrected chi connectivity index (χ1v) is 5.57. The lowest BCUT2D eigenvalue weighted by Crippen LogP contribution is -2.24. The first-order valence-electron chi connectivity index (χ1n) is 4.45. The molecule has 82 valence electrons. The number of hydrogen-bond acceptors (Lipinski definition) is 4. The zero-order chi connectivity index (χ0) is 11.0. The first kappa shape index (κ1) is 13.4. The smallest absolute Gasteiger partial charge is 0.302 e. The van der Waals surface area contributed by atoms with Crippen LogP contribution in [0.15, 0.2) is 0 Å². The third-order valence-corrected chi connectivity index (χ3v) is 2.25. The first-order chi connectivity index (χ1) is 6.56. The lowest BCUT2D eigenvalue weighted by atomic mass is 10.0. The zero-order valence-corrected chi connectivity index (χ0v) is 9.71. The average molecular weight is 266 g/mol. The highest BCUT2D eigenvalue weighted by Crippen LogP contribution is 2.13. The molecule has 0 aromatic heterocycles. The van der Waals surface area contributed by atoms with Gasteiger partial charge in [-0.1, -0.05) is 15.9 Å². The molecule has 0 aliphatic carbocycles. The van der Waals surface area contributed by atoms with Crippen LogP contribution in [0.2, 0.25) is 0 Å². The average Bonchev–Trinajstić information content (AvgIpc) is 2.09. The zero-order valence-electron chi connectivity index (χ0n) is 8.12. The molecule has 0 saturated carbocycles. The van der Waals surface area contributed by atoms with E-state index in [-0.39, 0.29) is 24.9 Å². The summed E-state index contributed by atoms with van der Waals surface area (Å²) in [5.74, 6) is -1.30. The molecular formula is C9H14BrO4-. The molecule has 0 spiro atoms. The molecule has 0 fully saturated rings. The molecule has 0 rings (SSSR count). The van der Waals surface area contributed by atoms with E-state index in [4.69, 9.17) is 4.74 Å². The second kappa shape index (κ2) is 7.79. The Kier molecular flexibility index (Phi) is 7.47. The van der Waals surface area contributed by atoms with Crippen molar-refractivity contribution >= 4 is 27.9 Å². The Hall–Kier alpha value is -0.580. The molecule has 14 heavy (non-hydrogen) atoms. The van der Waals surface area contributed by atoms with Gasteiger partial charge in [0.1, 0.15) is 0 Å². The summed E-state index contributed by atoms with van der Waals surface area (Å²) < 4.78 is 4.82. The molecule has 0 saturated heterocycles. The lowest BCUT2D eigenvalue weighted by Gasteiger charge is -2.15. The maximum Gasteiger partial charge on any atom is 0.302 e. The molecule has 0 radical (unpaired) electrons. The van der Waals surface area contributed by atoms with Gasteiger partial charge >= 0.3 is 5.97 Å². The summed E-state index contributed by atoms with van der Waals surface area (Å²) in [6.07, 6.45) is 1.29. The van der Waals surface area contributed by atoms with Crippen molar-refractivity contribution in [1.82, 2.24) is 0 Å². The van der Waals surface area contributed by atoms with Crippen LogP contribution in [0.3, 0.4) is 0 Å². The third-order valence-electron chi connectivity index (χ3n) is 1.80. The molecule has 0 aromatic rings. The molecular weight excluding hydrogens is 252 g/mol. The summed E-state index contributed by atoms with van der Waals surface area (Å²) in [6.45, 7) is 1.62. The fourth-order valence-electron chi connectivity index (χ4n) is 1.02. The topological polar surface area (TPSA) is 66.4 Å². The summed E-state index contributed by atoms with van der Waals surface area (Å²) >= 11 is 3.26. The minimum Gasteiger partial charge on any atom is -0.550 e. The van der Waals surface area contributed by atoms with E-state index < -0.39 is 5.97 Å². The predicted octanol–water partition coefficient (Wildman–Crippen LogP) is 0.481. The number of carboxylic acids is 1. The largest absolute Gasteiger partial charge is 0.550 e. The van der Waals surface area contributed by atoms with Gasteiger partial charge in [0, 0.05) is 18.2 Å². The molecule has 0 N–H and O–H groups in total. The monoisotopic (exact) mass is 265 g/mol. The van der Waals surface area contributed by atoms with Crippen molar-refractivity contribution in [2.24, 2.45) is 5.92 Å². The van der Waals surface area contributed by atoms with Crippen molar-refractivity contribution in [2.75, 3.05) is 11.9 Å². The van der Waals surface area contributed by atoms with E-state index >= 15 is 0 Å². The van der Waals surface area contributed by atoms with Crippen molar-refractivity contribution in [3.63, 3.8) is 0 Å². The number of carbonyl (C=O) groups excluding carboxylic acids is 2. The van der Waals surface area contributed by atoms with E-state index in [1.807, 2.05) is 0 Å². The maximum atomic E-state index is 10.5. The van der Waals surface area contributed by atoms with E-state index in [0.717, 1.165) is 11.8 Å². The number of ether oxygens (including phenoxy) is 1. The van der Waals surface area contributed by atoms with E-state index in [2.05, 4.69) is 15.9 Å². The van der Waals surface area contributed by atoms with Gasteiger partial charge in [-0.3, -0.25) is 4.79 Å². The molecule has 0 aliphatic heterocycles. The van der Waals surface area contributed by atoms with Gasteiger partial charge in [-0.25, -0.2) is 0 Å². The van der Waals surface area contributed by atoms with Gasteiger partial charge < -0.3 is 14.6 Å². The van der Waals surface area contributed by atoms with Gasteiger partial charge in [0.15, 0.2) is 0 Å². The Bertz CT molecular complexity index is 175. The van der Waals surface area contributed by atoms with Crippen LogP contribution in [-0.4, -0.2) is 23.9 Å². The van der Waals surface area contributed by atoms with Crippen molar-refractivity contribution in [2.45, 2.75) is 26.2 Å². The van der Waals surface area contributed by atoms with Crippen molar-refractivity contribution < 1.29 is 19.4 Å². The number of hydrogen-bond donors (Lipinski definition) is 0. The molecule has 0 heterocycles. The lowest BCUT2D eigenvalue weighted by molar-refractivity contribution is -0.306. The fraction of sp³-hybridized carbons (Fsp3) is 0.778. The van der Waals surface area contributed by atoms with Crippen LogP contribution < -0.4 is 5.11 Å². The number of carboxylic acid groups (broad SMARTS) is 1. The highest BCUT2D eigenvalue weighted by Gasteiger charge is 2.09. The Morgan fingerprint density at radius 1 is 1.43 bits per heavy atom. The highest BCUT2D eigenvalue weighted by molar-refractivity contribution is 9.09. The van der Waals surface area contributed by atoms with Crippen LogP contribution in [0.4, 0.5) is 0 Å². The SMILES string of the molecule is CC(=O)OCC(CCBr)CCC(=O)[O-]. The van der Waals surface area contributed by atoms with Crippen molar-refractivity contribution in [3.05, 3.63) is 0 Å². The van der Waals surface area contributed by atoms with Gasteiger partial charge in [-0.15, -0.1) is 0 Å². The van der Waals surface area contributed by atoms with Gasteiger partial charge in [-0.2, -0.15) is 0 Å². The summed E-state index contributed by atoms with van der Waals surface area (Å²) in [6, 6.07) is 0. The number of aliphatic carboxylic acids is 1. The van der Waals surface area contributed by atoms with Crippen LogP contribution in [0.25, 0.3) is 0 Å². The summed E-state index contributed by atoms with van der Waals surface area (Å²) in [5, 5.41) is 11.0. The molecule has 0 aliphatic rings. The number of esters is 1. The molecule has 4 nitrogen and oxygen atoms in total. The van der Waals surface area contributed by atoms with Crippen LogP contribution in [0.5, 0.6) is 0 Å². The van der Waals surface area contributed by atoms with Crippen LogP contribution in [0, 0.1) is 5.92 Å². The molecule has 0 amide bonds. The number of carbonyl (C=O) groups is 2. The second-order valence-electron chi connectivity index (χ2n) is 3.06. The Labute approximate surface area is 91.8 Å². The number of rotatable bonds is 7. The van der Waals surface area contributed by atoms with E-state index in [1.165, 1.54) is 6.92 Å². The van der Waals surface area contributed by atoms with Crippen LogP contribution in [0.1, 0.15) is 26.2 Å². The van der Waals surface area contributed by atoms with E-state index in [0.29, 0.717) is 6.42 Å². The van der Waals surface area contributed by atoms with E-state index in [9.17, 15) is 14.7 Å². The Morgan fingerprint density at radius 3 is 2.50 bits per heavy atom. The predicted molar refractivity (Wildman–Crippen MR) is 52.8 cm³/mol. The molecule has 0 aromatic carbocycles. The van der Waals surface area contributed by atoms with E-state index in [1.54, 1.807) is 0 Å². The minimum absolute atomic E-state index is 0.0128. The summed E-state index contributed by atoms with van der Waals surface area (Å²) in [4.78, 5) is 20.7. The quantitative estimate of drug-likeness (QED) is 0.496. The van der Waals surface area contributed by atoms with Crippen LogP contribution >= 0.6 is 15.9 Å². The standard InChI is InChI=1S/C9H15BrO4/c1-7(11)14-6-8(4-5-10)2-3-9(12)13/h8H,2-6H2,1H3,(H,12,13)/p-1. The van der Waals surface area contributed by atoms with Crippen molar-refractivity contribution in [3.8, 4) is 0 Å². The summed E-state index contributed by atoms with van der Waals surface area (Å²) in [5.41, 5.74) is 0. The normalized spacial score (nSPS) is 12.1. The molecule has 1 unspecified atom stereocenters. The second-order valence-corrected chi connectivity index (χ2v) is 3.85. The number of halogens is 1. The highest BCUT2D eigenvalue weighted by atomic mass is 79.9. The minimum atomic E-state index is -1.06. The van der Waals surface area contributed by atoms with Gasteiger partial charge in [0.25, 0.3) is 0 Å². The Balaban J connectivity index is 3.76. The summed E-state index contributed by atoms with van der Waals surface area (Å²) in [7, 11) is 0. The van der Waals surface area contributed by atoms with Gasteiger partial charge in [0.05, 0.1) is 6.61 Å². The fourth-order valence-corrected chi connectivity index (χ4v) is 1.67. The third kappa shape index (κ3) is 8.04. The number of alkyl halides is 1. The molecule has 0 bridgehead atoms.